The second kappa shape index (κ2) is 9.10. The first-order chi connectivity index (χ1) is 5.81. The molecule has 12 heavy (non-hydrogen) atoms. The van der Waals surface area contributed by atoms with E-state index in [1.54, 1.807) is 7.11 Å². The van der Waals surface area contributed by atoms with Gasteiger partial charge in [-0.05, 0) is 19.2 Å². The van der Waals surface area contributed by atoms with Gasteiger partial charge < -0.3 is 10.1 Å². The fourth-order valence-electron chi connectivity index (χ4n) is 0.823. The molecule has 0 unspecified atom stereocenters. The van der Waals surface area contributed by atoms with Crippen LogP contribution in [0.25, 0.3) is 0 Å². The summed E-state index contributed by atoms with van der Waals surface area (Å²) < 4.78 is 4.95. The van der Waals surface area contributed by atoms with Crippen molar-refractivity contribution in [3.8, 4) is 0 Å². The van der Waals surface area contributed by atoms with E-state index >= 15 is 0 Å². The van der Waals surface area contributed by atoms with Crippen LogP contribution in [0.15, 0.2) is 12.2 Å². The zero-order valence-corrected chi connectivity index (χ0v) is 8.88. The summed E-state index contributed by atoms with van der Waals surface area (Å²) in [6, 6.07) is 0. The largest absolute Gasteiger partial charge is 0.385 e. The van der Waals surface area contributed by atoms with Crippen LogP contribution in [0.1, 0.15) is 6.42 Å². The van der Waals surface area contributed by atoms with Gasteiger partial charge in [0.05, 0.1) is 0 Å². The third-order valence-corrected chi connectivity index (χ3v) is 2.56. The average Bonchev–Trinajstić information content (AvgIpc) is 2.05. The van der Waals surface area contributed by atoms with Crippen LogP contribution in [0.5, 0.6) is 0 Å². The van der Waals surface area contributed by atoms with E-state index in [9.17, 15) is 0 Å². The molecule has 0 aromatic heterocycles. The highest BCUT2D eigenvalue weighted by atomic mass is 32.2. The van der Waals surface area contributed by atoms with Crippen molar-refractivity contribution in [1.29, 1.82) is 0 Å². The maximum absolute atomic E-state index is 4.95. The Morgan fingerprint density at radius 2 is 2.33 bits per heavy atom. The van der Waals surface area contributed by atoms with Gasteiger partial charge in [-0.3, -0.25) is 0 Å². The lowest BCUT2D eigenvalue weighted by molar-refractivity contribution is 0.200. The Labute approximate surface area is 79.8 Å². The zero-order chi connectivity index (χ0) is 9.23. The number of methoxy groups -OCH3 is 1. The molecule has 0 amide bonds. The summed E-state index contributed by atoms with van der Waals surface area (Å²) in [5.74, 6) is 2.22. The summed E-state index contributed by atoms with van der Waals surface area (Å²) in [5.41, 5.74) is 1.26. The number of ether oxygens (including phenoxy) is 1. The monoisotopic (exact) mass is 189 g/mol. The Morgan fingerprint density at radius 3 is 2.92 bits per heavy atom. The molecule has 1 N–H and O–H groups in total. The SMILES string of the molecule is C=C(CNC)CSCCCOC. The second-order valence-electron chi connectivity index (χ2n) is 2.68. The molecular weight excluding hydrogens is 170 g/mol. The van der Waals surface area contributed by atoms with Crippen molar-refractivity contribution in [1.82, 2.24) is 5.32 Å². The van der Waals surface area contributed by atoms with Gasteiger partial charge in [-0.2, -0.15) is 11.8 Å². The van der Waals surface area contributed by atoms with E-state index < -0.39 is 0 Å². The minimum atomic E-state index is 0.867. The Balaban J connectivity index is 3.03. The Morgan fingerprint density at radius 1 is 1.58 bits per heavy atom. The van der Waals surface area contributed by atoms with Crippen LogP contribution in [-0.2, 0) is 4.74 Å². The van der Waals surface area contributed by atoms with E-state index in [4.69, 9.17) is 4.74 Å². The summed E-state index contributed by atoms with van der Waals surface area (Å²) in [4.78, 5) is 0. The lowest BCUT2D eigenvalue weighted by Gasteiger charge is -2.03. The normalized spacial score (nSPS) is 10.2. The number of rotatable bonds is 8. The average molecular weight is 189 g/mol. The van der Waals surface area contributed by atoms with E-state index in [2.05, 4.69) is 11.9 Å². The van der Waals surface area contributed by atoms with Crippen LogP contribution in [0.2, 0.25) is 0 Å². The quantitative estimate of drug-likeness (QED) is 0.462. The lowest BCUT2D eigenvalue weighted by Crippen LogP contribution is -2.11. The van der Waals surface area contributed by atoms with Crippen molar-refractivity contribution in [2.24, 2.45) is 0 Å². The zero-order valence-electron chi connectivity index (χ0n) is 8.06. The molecule has 0 saturated heterocycles. The van der Waals surface area contributed by atoms with E-state index in [0.717, 1.165) is 31.1 Å². The molecule has 0 aliphatic carbocycles. The molecule has 0 atom stereocenters. The highest BCUT2D eigenvalue weighted by molar-refractivity contribution is 7.99. The van der Waals surface area contributed by atoms with Crippen LogP contribution in [0, 0.1) is 0 Å². The summed E-state index contributed by atoms with van der Waals surface area (Å²) >= 11 is 1.92. The lowest BCUT2D eigenvalue weighted by atomic mass is 10.3. The number of nitrogens with one attached hydrogen (secondary N) is 1. The predicted molar refractivity (Wildman–Crippen MR) is 56.9 cm³/mol. The van der Waals surface area contributed by atoms with Gasteiger partial charge in [0.2, 0.25) is 0 Å². The minimum Gasteiger partial charge on any atom is -0.385 e. The number of likely N-dealkylation sites (N-methyl/N-ethyl adjacent to an activating group) is 1. The van der Waals surface area contributed by atoms with Crippen molar-refractivity contribution in [3.63, 3.8) is 0 Å². The molecule has 0 aromatic rings. The predicted octanol–water partition coefficient (Wildman–Crippen LogP) is 1.53. The molecule has 0 rings (SSSR count). The van der Waals surface area contributed by atoms with Crippen molar-refractivity contribution in [3.05, 3.63) is 12.2 Å². The van der Waals surface area contributed by atoms with Crippen LogP contribution < -0.4 is 5.32 Å². The van der Waals surface area contributed by atoms with Crippen LogP contribution in [0.3, 0.4) is 0 Å². The molecule has 0 aromatic carbocycles. The fraction of sp³-hybridized carbons (Fsp3) is 0.778. The summed E-state index contributed by atoms with van der Waals surface area (Å²) in [6.07, 6.45) is 1.13. The molecule has 3 heteroatoms. The Bertz CT molecular complexity index is 117. The third kappa shape index (κ3) is 8.11. The van der Waals surface area contributed by atoms with Gasteiger partial charge in [-0.1, -0.05) is 12.2 Å². The van der Waals surface area contributed by atoms with Gasteiger partial charge in [0, 0.05) is 26.0 Å². The molecule has 0 aliphatic heterocycles. The van der Waals surface area contributed by atoms with Gasteiger partial charge in [0.15, 0.2) is 0 Å². The first-order valence-corrected chi connectivity index (χ1v) is 5.34. The number of thioether (sulfide) groups is 1. The fourth-order valence-corrected chi connectivity index (χ4v) is 1.68. The van der Waals surface area contributed by atoms with Crippen molar-refractivity contribution >= 4 is 11.8 Å². The van der Waals surface area contributed by atoms with E-state index in [0.29, 0.717) is 0 Å². The van der Waals surface area contributed by atoms with Crippen molar-refractivity contribution < 1.29 is 4.74 Å². The molecule has 0 bridgehead atoms. The first kappa shape index (κ1) is 12.0. The van der Waals surface area contributed by atoms with Crippen LogP contribution >= 0.6 is 11.8 Å². The highest BCUT2D eigenvalue weighted by Gasteiger charge is 1.93. The molecule has 0 radical (unpaired) electrons. The Hall–Kier alpha value is 0.01000. The molecule has 0 heterocycles. The van der Waals surface area contributed by atoms with Gasteiger partial charge in [0.1, 0.15) is 0 Å². The second-order valence-corrected chi connectivity index (χ2v) is 3.78. The molecule has 72 valence electrons. The van der Waals surface area contributed by atoms with Gasteiger partial charge in [-0.15, -0.1) is 0 Å². The molecule has 2 nitrogen and oxygen atoms in total. The van der Waals surface area contributed by atoms with Crippen LogP contribution in [-0.4, -0.2) is 38.8 Å². The smallest absolute Gasteiger partial charge is 0.0470 e. The minimum absolute atomic E-state index is 0.867. The summed E-state index contributed by atoms with van der Waals surface area (Å²) in [5, 5.41) is 3.08. The highest BCUT2D eigenvalue weighted by Crippen LogP contribution is 2.06. The topological polar surface area (TPSA) is 21.3 Å². The number of hydrogen-bond donors (Lipinski definition) is 1. The standard InChI is InChI=1S/C9H19NOS/c1-9(7-10-2)8-12-6-4-5-11-3/h10H,1,4-8H2,2-3H3. The molecule has 0 fully saturated rings. The molecule has 0 spiro atoms. The maximum atomic E-state index is 4.95. The summed E-state index contributed by atoms with van der Waals surface area (Å²) in [6.45, 7) is 5.74. The Kier molecular flexibility index (Phi) is 9.11. The van der Waals surface area contributed by atoms with Crippen molar-refractivity contribution in [2.45, 2.75) is 6.42 Å². The number of hydrogen-bond acceptors (Lipinski definition) is 3. The van der Waals surface area contributed by atoms with Gasteiger partial charge in [0.25, 0.3) is 0 Å². The van der Waals surface area contributed by atoms with E-state index in [-0.39, 0.29) is 0 Å². The maximum Gasteiger partial charge on any atom is 0.0470 e. The van der Waals surface area contributed by atoms with Crippen LogP contribution in [0.4, 0.5) is 0 Å². The molecular formula is C9H19NOS. The third-order valence-electron chi connectivity index (χ3n) is 1.37. The van der Waals surface area contributed by atoms with Gasteiger partial charge in [-0.25, -0.2) is 0 Å². The van der Waals surface area contributed by atoms with E-state index in [1.165, 1.54) is 5.57 Å². The van der Waals surface area contributed by atoms with E-state index in [1.807, 2.05) is 18.8 Å². The summed E-state index contributed by atoms with van der Waals surface area (Å²) in [7, 11) is 3.69. The van der Waals surface area contributed by atoms with Crippen molar-refractivity contribution in [2.75, 3.05) is 38.8 Å². The first-order valence-electron chi connectivity index (χ1n) is 4.19. The van der Waals surface area contributed by atoms with Gasteiger partial charge >= 0.3 is 0 Å². The molecule has 0 saturated carbocycles. The molecule has 0 aliphatic rings.